The van der Waals surface area contributed by atoms with Crippen LogP contribution in [0.3, 0.4) is 0 Å². The number of sulfone groups is 1. The summed E-state index contributed by atoms with van der Waals surface area (Å²) in [5.74, 6) is -3.98. The predicted octanol–water partition coefficient (Wildman–Crippen LogP) is 2.45. The van der Waals surface area contributed by atoms with Crippen LogP contribution in [-0.2, 0) is 44.1 Å². The van der Waals surface area contributed by atoms with Crippen LogP contribution in [0.2, 0.25) is 0 Å². The van der Waals surface area contributed by atoms with Crippen LogP contribution in [0.1, 0.15) is 34.1 Å². The van der Waals surface area contributed by atoms with E-state index < -0.39 is 39.1 Å². The normalized spacial score (nSPS) is 13.8. The van der Waals surface area contributed by atoms with E-state index in [-0.39, 0.29) is 11.6 Å². The summed E-state index contributed by atoms with van der Waals surface area (Å²) in [6, 6.07) is 7.49. The van der Waals surface area contributed by atoms with Crippen LogP contribution < -0.4 is 10.1 Å². The Morgan fingerprint density at radius 3 is 2.65 bits per heavy atom. The van der Waals surface area contributed by atoms with E-state index in [4.69, 9.17) is 4.74 Å². The highest BCUT2D eigenvalue weighted by molar-refractivity contribution is 7.92. The van der Waals surface area contributed by atoms with Gasteiger partial charge >= 0.3 is 5.97 Å². The molecule has 3 aromatic rings. The first-order chi connectivity index (χ1) is 16.2. The Labute approximate surface area is 204 Å². The quantitative estimate of drug-likeness (QED) is 0.477. The minimum Gasteiger partial charge on any atom is -0.462 e. The highest BCUT2D eigenvalue weighted by Gasteiger charge is 2.29. The molecule has 1 aliphatic carbocycles. The van der Waals surface area contributed by atoms with Crippen molar-refractivity contribution in [3.05, 3.63) is 45.1 Å². The van der Waals surface area contributed by atoms with Crippen LogP contribution in [0.4, 0.5) is 5.00 Å². The van der Waals surface area contributed by atoms with Gasteiger partial charge < -0.3 is 14.6 Å². The van der Waals surface area contributed by atoms with Gasteiger partial charge in [0, 0.05) is 11.9 Å². The fourth-order valence-corrected chi connectivity index (χ4v) is 7.18. The fourth-order valence-electron chi connectivity index (χ4n) is 3.84. The first-order valence-corrected chi connectivity index (χ1v) is 14.1. The average molecular weight is 522 g/mol. The van der Waals surface area contributed by atoms with E-state index >= 15 is 0 Å². The summed E-state index contributed by atoms with van der Waals surface area (Å²) < 4.78 is 32.8. The van der Waals surface area contributed by atoms with Gasteiger partial charge in [0.15, 0.2) is 14.6 Å². The van der Waals surface area contributed by atoms with Crippen molar-refractivity contribution in [2.24, 2.45) is 12.0 Å². The molecule has 34 heavy (non-hydrogen) atoms. The van der Waals surface area contributed by atoms with Crippen molar-refractivity contribution in [2.75, 3.05) is 23.4 Å². The number of para-hydroxylation sites is 1. The summed E-state index contributed by atoms with van der Waals surface area (Å²) in [6.07, 6.45) is 2.42. The summed E-state index contributed by atoms with van der Waals surface area (Å²) in [4.78, 5) is 42.6. The van der Waals surface area contributed by atoms with E-state index in [1.807, 2.05) is 24.3 Å². The number of nitrogens with zero attached hydrogens (tertiary/aromatic N) is 2. The van der Waals surface area contributed by atoms with Crippen LogP contribution in [0.5, 0.6) is 0 Å². The minimum atomic E-state index is -4.07. The maximum atomic E-state index is 12.5. The standard InChI is InChI=1S/C22H23N3O6S3/c1-3-31-21(28)19-13-7-6-10-15(13)32-20(19)23-17(26)11-34(29,30)12-18(27)24-22-25(2)14-8-4-5-9-16(14)33-22/h4-5,8-9H,3,6-7,10-12H2,1-2H3,(H,23,26). The molecule has 1 aromatic carbocycles. The molecule has 0 saturated heterocycles. The molecule has 0 bridgehead atoms. The Morgan fingerprint density at radius 1 is 1.15 bits per heavy atom. The number of esters is 1. The number of nitrogens with one attached hydrogen (secondary N) is 1. The van der Waals surface area contributed by atoms with Crippen LogP contribution in [0.15, 0.2) is 29.3 Å². The zero-order chi connectivity index (χ0) is 24.5. The predicted molar refractivity (Wildman–Crippen MR) is 131 cm³/mol. The van der Waals surface area contributed by atoms with Gasteiger partial charge in [-0.1, -0.05) is 23.5 Å². The number of fused-ring (bicyclic) bond motifs is 2. The second kappa shape index (κ2) is 9.80. The third-order valence-electron chi connectivity index (χ3n) is 5.28. The number of rotatable bonds is 7. The van der Waals surface area contributed by atoms with Crippen molar-refractivity contribution in [3.63, 3.8) is 0 Å². The van der Waals surface area contributed by atoms with Crippen LogP contribution in [0, 0.1) is 0 Å². The van der Waals surface area contributed by atoms with Crippen LogP contribution in [-0.4, -0.2) is 48.9 Å². The molecular weight excluding hydrogens is 498 g/mol. The maximum Gasteiger partial charge on any atom is 0.341 e. The number of carbonyl (C=O) groups is 3. The summed E-state index contributed by atoms with van der Waals surface area (Å²) in [5.41, 5.74) is 2.03. The SMILES string of the molecule is CCOC(=O)c1c(NC(=O)CS(=O)(=O)CC(=O)N=c2sc3ccccc3n2C)sc2c1CCC2. The molecule has 9 nitrogen and oxygen atoms in total. The number of hydrogen-bond donors (Lipinski definition) is 1. The lowest BCUT2D eigenvalue weighted by Crippen LogP contribution is -2.28. The van der Waals surface area contributed by atoms with Gasteiger partial charge in [-0.2, -0.15) is 4.99 Å². The Hall–Kier alpha value is -2.83. The zero-order valence-electron chi connectivity index (χ0n) is 18.6. The van der Waals surface area contributed by atoms with Crippen molar-refractivity contribution < 1.29 is 27.5 Å². The van der Waals surface area contributed by atoms with Crippen molar-refractivity contribution in [3.8, 4) is 0 Å². The number of amides is 2. The number of thiazole rings is 1. The van der Waals surface area contributed by atoms with Gasteiger partial charge in [-0.3, -0.25) is 9.59 Å². The maximum absolute atomic E-state index is 12.5. The molecule has 1 aliphatic rings. The molecule has 0 atom stereocenters. The number of aromatic nitrogens is 1. The summed E-state index contributed by atoms with van der Waals surface area (Å²) >= 11 is 2.53. The van der Waals surface area contributed by atoms with Gasteiger partial charge in [0.25, 0.3) is 5.91 Å². The Morgan fingerprint density at radius 2 is 1.91 bits per heavy atom. The molecule has 0 aliphatic heterocycles. The first-order valence-electron chi connectivity index (χ1n) is 10.6. The third kappa shape index (κ3) is 5.13. The Bertz CT molecular complexity index is 1460. The lowest BCUT2D eigenvalue weighted by Gasteiger charge is -2.08. The molecule has 0 fully saturated rings. The lowest BCUT2D eigenvalue weighted by atomic mass is 10.1. The average Bonchev–Trinajstić information content (AvgIpc) is 3.41. The minimum absolute atomic E-state index is 0.189. The molecule has 2 amide bonds. The van der Waals surface area contributed by atoms with Crippen LogP contribution >= 0.6 is 22.7 Å². The molecule has 0 saturated carbocycles. The van der Waals surface area contributed by atoms with Crippen molar-refractivity contribution in [2.45, 2.75) is 26.2 Å². The lowest BCUT2D eigenvalue weighted by molar-refractivity contribution is -0.115. The van der Waals surface area contributed by atoms with Gasteiger partial charge in [0.05, 0.1) is 22.4 Å². The van der Waals surface area contributed by atoms with Crippen molar-refractivity contribution >= 4 is 65.5 Å². The summed E-state index contributed by atoms with van der Waals surface area (Å²) in [6.45, 7) is 1.88. The highest BCUT2D eigenvalue weighted by atomic mass is 32.2. The van der Waals surface area contributed by atoms with Gasteiger partial charge in [0.2, 0.25) is 5.91 Å². The molecular formula is C22H23N3O6S3. The second-order valence-electron chi connectivity index (χ2n) is 7.78. The largest absolute Gasteiger partial charge is 0.462 e. The topological polar surface area (TPSA) is 124 Å². The number of carbonyl (C=O) groups excluding carboxylic acids is 3. The van der Waals surface area contributed by atoms with Gasteiger partial charge in [-0.05, 0) is 43.9 Å². The van der Waals surface area contributed by atoms with Gasteiger partial charge in [-0.15, -0.1) is 11.3 Å². The van der Waals surface area contributed by atoms with Gasteiger partial charge in [0.1, 0.15) is 16.5 Å². The van der Waals surface area contributed by atoms with E-state index in [0.29, 0.717) is 16.8 Å². The molecule has 2 aromatic heterocycles. The van der Waals surface area contributed by atoms with E-state index in [0.717, 1.165) is 33.5 Å². The molecule has 0 spiro atoms. The van der Waals surface area contributed by atoms with E-state index in [1.54, 1.807) is 18.5 Å². The number of aryl methyl sites for hydroxylation is 2. The van der Waals surface area contributed by atoms with E-state index in [2.05, 4.69) is 10.3 Å². The Kier molecular flexibility index (Phi) is 7.01. The molecule has 0 unspecified atom stereocenters. The molecule has 12 heteroatoms. The fraction of sp³-hybridized carbons (Fsp3) is 0.364. The van der Waals surface area contributed by atoms with Crippen molar-refractivity contribution in [1.82, 2.24) is 4.57 Å². The summed E-state index contributed by atoms with van der Waals surface area (Å²) in [7, 11) is -2.33. The molecule has 0 radical (unpaired) electrons. The number of hydrogen-bond acceptors (Lipinski definition) is 8. The smallest absolute Gasteiger partial charge is 0.341 e. The van der Waals surface area contributed by atoms with E-state index in [1.165, 1.54) is 22.7 Å². The third-order valence-corrected chi connectivity index (χ3v) is 8.99. The number of thiophene rings is 1. The number of benzene rings is 1. The summed E-state index contributed by atoms with van der Waals surface area (Å²) in [5, 5.41) is 2.83. The molecule has 180 valence electrons. The Balaban J connectivity index is 1.47. The van der Waals surface area contributed by atoms with Crippen molar-refractivity contribution in [1.29, 1.82) is 0 Å². The zero-order valence-corrected chi connectivity index (χ0v) is 21.1. The van der Waals surface area contributed by atoms with Gasteiger partial charge in [-0.25, -0.2) is 13.2 Å². The number of anilines is 1. The first kappa shape index (κ1) is 24.3. The molecule has 2 heterocycles. The molecule has 1 N–H and O–H groups in total. The van der Waals surface area contributed by atoms with Crippen LogP contribution in [0.25, 0.3) is 10.2 Å². The monoisotopic (exact) mass is 521 g/mol. The van der Waals surface area contributed by atoms with E-state index in [9.17, 15) is 22.8 Å². The highest BCUT2D eigenvalue weighted by Crippen LogP contribution is 2.39. The molecule has 4 rings (SSSR count). The second-order valence-corrected chi connectivity index (χ2v) is 12.0. The number of ether oxygens (including phenoxy) is 1.